The summed E-state index contributed by atoms with van der Waals surface area (Å²) in [5, 5.41) is 10.1. The summed E-state index contributed by atoms with van der Waals surface area (Å²) >= 11 is 0. The van der Waals surface area contributed by atoms with Crippen LogP contribution in [0.5, 0.6) is 0 Å². The van der Waals surface area contributed by atoms with Crippen LogP contribution in [0, 0.1) is 6.92 Å². The molecule has 0 atom stereocenters. The molecule has 5 aromatic rings. The van der Waals surface area contributed by atoms with E-state index in [0.717, 1.165) is 65.1 Å². The molecular formula is C25H25N7. The van der Waals surface area contributed by atoms with Crippen LogP contribution in [0.4, 0.5) is 5.69 Å². The summed E-state index contributed by atoms with van der Waals surface area (Å²) in [5.74, 6) is 0. The van der Waals surface area contributed by atoms with Crippen LogP contribution < -0.4 is 4.90 Å². The van der Waals surface area contributed by atoms with Gasteiger partial charge in [-0.3, -0.25) is 15.1 Å². The van der Waals surface area contributed by atoms with Gasteiger partial charge >= 0.3 is 0 Å². The largest absolute Gasteiger partial charge is 0.367 e. The molecule has 0 aliphatic carbocycles. The molecule has 32 heavy (non-hydrogen) atoms. The molecule has 1 fully saturated rings. The Morgan fingerprint density at radius 2 is 1.75 bits per heavy atom. The lowest BCUT2D eigenvalue weighted by atomic mass is 10.0. The van der Waals surface area contributed by atoms with E-state index in [4.69, 9.17) is 0 Å². The van der Waals surface area contributed by atoms with Gasteiger partial charge in [-0.05, 0) is 49.4 Å². The zero-order valence-electron chi connectivity index (χ0n) is 18.3. The van der Waals surface area contributed by atoms with E-state index in [-0.39, 0.29) is 0 Å². The lowest BCUT2D eigenvalue weighted by Gasteiger charge is -2.34. The van der Waals surface area contributed by atoms with Crippen molar-refractivity contribution in [3.63, 3.8) is 0 Å². The van der Waals surface area contributed by atoms with Gasteiger partial charge in [0.15, 0.2) is 0 Å². The van der Waals surface area contributed by atoms with Crippen molar-refractivity contribution in [3.8, 4) is 22.5 Å². The zero-order chi connectivity index (χ0) is 21.7. The van der Waals surface area contributed by atoms with E-state index in [0.29, 0.717) is 0 Å². The molecule has 1 aromatic carbocycles. The van der Waals surface area contributed by atoms with Gasteiger partial charge in [0, 0.05) is 54.9 Å². The average molecular weight is 424 g/mol. The standard InChI is InChI=1S/C25H25N7/c1-16-5-6-26-13-20(16)17-3-4-21-19(11-17)25(30-29-21)22-12-18-23(28-22)14-27-15-24(18)32-9-7-31(2)8-10-32/h3-6,11-15,28H,7-10H2,1-2H3,(H,29,30). The normalized spacial score (nSPS) is 15.1. The minimum absolute atomic E-state index is 0.920. The molecule has 0 bridgehead atoms. The Hall–Kier alpha value is -3.71. The fraction of sp³-hybridized carbons (Fsp3) is 0.240. The number of H-pyrrole nitrogens is 2. The van der Waals surface area contributed by atoms with Crippen molar-refractivity contribution in [1.29, 1.82) is 0 Å². The first-order valence-corrected chi connectivity index (χ1v) is 11.0. The molecule has 0 radical (unpaired) electrons. The smallest absolute Gasteiger partial charge is 0.116 e. The van der Waals surface area contributed by atoms with Crippen molar-refractivity contribution in [2.24, 2.45) is 0 Å². The van der Waals surface area contributed by atoms with Gasteiger partial charge in [0.1, 0.15) is 5.69 Å². The monoisotopic (exact) mass is 423 g/mol. The maximum absolute atomic E-state index is 4.66. The number of rotatable bonds is 3. The number of aryl methyl sites for hydroxylation is 1. The second-order valence-electron chi connectivity index (χ2n) is 8.62. The zero-order valence-corrected chi connectivity index (χ0v) is 18.3. The van der Waals surface area contributed by atoms with Crippen LogP contribution in [0.25, 0.3) is 44.3 Å². The lowest BCUT2D eigenvalue weighted by Crippen LogP contribution is -2.44. The third-order valence-electron chi connectivity index (χ3n) is 6.54. The maximum atomic E-state index is 4.66. The summed E-state index contributed by atoms with van der Waals surface area (Å²) in [6.45, 7) is 6.26. The van der Waals surface area contributed by atoms with Gasteiger partial charge in [0.05, 0.1) is 34.8 Å². The van der Waals surface area contributed by atoms with E-state index in [1.54, 1.807) is 0 Å². The molecule has 0 spiro atoms. The number of benzene rings is 1. The van der Waals surface area contributed by atoms with Crippen molar-refractivity contribution >= 4 is 27.5 Å². The summed E-state index contributed by atoms with van der Waals surface area (Å²) < 4.78 is 0. The van der Waals surface area contributed by atoms with Crippen LogP contribution in [0.2, 0.25) is 0 Å². The van der Waals surface area contributed by atoms with E-state index in [2.05, 4.69) is 73.2 Å². The highest BCUT2D eigenvalue weighted by atomic mass is 15.2. The molecule has 0 saturated carbocycles. The van der Waals surface area contributed by atoms with E-state index in [9.17, 15) is 0 Å². The third-order valence-corrected chi connectivity index (χ3v) is 6.54. The molecule has 0 amide bonds. The predicted molar refractivity (Wildman–Crippen MR) is 129 cm³/mol. The van der Waals surface area contributed by atoms with Crippen molar-refractivity contribution in [1.82, 2.24) is 30.0 Å². The number of piperazine rings is 1. The number of fused-ring (bicyclic) bond motifs is 2. The Bertz CT molecular complexity index is 1420. The molecular weight excluding hydrogens is 398 g/mol. The second-order valence-corrected chi connectivity index (χ2v) is 8.62. The third kappa shape index (κ3) is 3.13. The Balaban J connectivity index is 1.45. The van der Waals surface area contributed by atoms with Crippen molar-refractivity contribution < 1.29 is 0 Å². The van der Waals surface area contributed by atoms with Gasteiger partial charge in [-0.1, -0.05) is 6.07 Å². The lowest BCUT2D eigenvalue weighted by molar-refractivity contribution is 0.313. The van der Waals surface area contributed by atoms with Gasteiger partial charge in [0.2, 0.25) is 0 Å². The first-order chi connectivity index (χ1) is 15.7. The summed E-state index contributed by atoms with van der Waals surface area (Å²) in [7, 11) is 2.18. The van der Waals surface area contributed by atoms with Crippen LogP contribution in [0.3, 0.4) is 0 Å². The van der Waals surface area contributed by atoms with Crippen molar-refractivity contribution in [2.75, 3.05) is 38.1 Å². The SMILES string of the molecule is Cc1ccncc1-c1ccc2[nH]nc(-c3cc4c(N5CCN(C)CC5)cncc4[nH]3)c2c1. The van der Waals surface area contributed by atoms with E-state index in [1.807, 2.05) is 30.9 Å². The molecule has 1 aliphatic heterocycles. The number of nitrogens with one attached hydrogen (secondary N) is 2. The Morgan fingerprint density at radius 1 is 0.875 bits per heavy atom. The number of aromatic amines is 2. The molecule has 4 aromatic heterocycles. The molecule has 5 heterocycles. The summed E-state index contributed by atoms with van der Waals surface area (Å²) in [6.07, 6.45) is 7.64. The minimum Gasteiger partial charge on any atom is -0.367 e. The molecule has 160 valence electrons. The number of hydrogen-bond donors (Lipinski definition) is 2. The van der Waals surface area contributed by atoms with Crippen LogP contribution >= 0.6 is 0 Å². The number of hydrogen-bond acceptors (Lipinski definition) is 5. The molecule has 7 heteroatoms. The second kappa shape index (κ2) is 7.46. The van der Waals surface area contributed by atoms with Gasteiger partial charge in [0.25, 0.3) is 0 Å². The van der Waals surface area contributed by atoms with Gasteiger partial charge in [-0.25, -0.2) is 0 Å². The number of aromatic nitrogens is 5. The number of likely N-dealkylation sites (N-methyl/N-ethyl adjacent to an activating group) is 1. The first-order valence-electron chi connectivity index (χ1n) is 11.0. The first kappa shape index (κ1) is 19.0. The Morgan fingerprint density at radius 3 is 2.59 bits per heavy atom. The minimum atomic E-state index is 0.920. The molecule has 2 N–H and O–H groups in total. The Kier molecular flexibility index (Phi) is 4.43. The quantitative estimate of drug-likeness (QED) is 0.454. The van der Waals surface area contributed by atoms with Gasteiger partial charge < -0.3 is 14.8 Å². The highest BCUT2D eigenvalue weighted by Gasteiger charge is 2.19. The predicted octanol–water partition coefficient (Wildman–Crippen LogP) is 4.23. The van der Waals surface area contributed by atoms with Gasteiger partial charge in [-0.15, -0.1) is 0 Å². The van der Waals surface area contributed by atoms with E-state index < -0.39 is 0 Å². The van der Waals surface area contributed by atoms with Crippen LogP contribution in [0.1, 0.15) is 5.56 Å². The summed E-state index contributed by atoms with van der Waals surface area (Å²) in [6, 6.07) is 10.7. The fourth-order valence-corrected chi connectivity index (χ4v) is 4.62. The van der Waals surface area contributed by atoms with Crippen LogP contribution in [-0.2, 0) is 0 Å². The van der Waals surface area contributed by atoms with Gasteiger partial charge in [-0.2, -0.15) is 5.10 Å². The average Bonchev–Trinajstić information content (AvgIpc) is 3.43. The highest BCUT2D eigenvalue weighted by molar-refractivity contribution is 6.00. The van der Waals surface area contributed by atoms with Crippen LogP contribution in [0.15, 0.2) is 55.1 Å². The van der Waals surface area contributed by atoms with Crippen molar-refractivity contribution in [3.05, 3.63) is 60.7 Å². The summed E-state index contributed by atoms with van der Waals surface area (Å²) in [5.41, 5.74) is 8.63. The highest BCUT2D eigenvalue weighted by Crippen LogP contribution is 2.35. The van der Waals surface area contributed by atoms with E-state index in [1.165, 1.54) is 16.6 Å². The molecule has 0 unspecified atom stereocenters. The Labute approximate surface area is 186 Å². The molecule has 7 nitrogen and oxygen atoms in total. The molecule has 1 saturated heterocycles. The fourth-order valence-electron chi connectivity index (χ4n) is 4.62. The summed E-state index contributed by atoms with van der Waals surface area (Å²) in [4.78, 5) is 17.2. The van der Waals surface area contributed by atoms with Crippen LogP contribution in [-0.4, -0.2) is 63.3 Å². The van der Waals surface area contributed by atoms with Crippen molar-refractivity contribution in [2.45, 2.75) is 6.92 Å². The number of pyridine rings is 2. The number of anilines is 1. The topological polar surface area (TPSA) is 76.7 Å². The van der Waals surface area contributed by atoms with E-state index >= 15 is 0 Å². The number of nitrogens with zero attached hydrogens (tertiary/aromatic N) is 5. The molecule has 1 aliphatic rings. The maximum Gasteiger partial charge on any atom is 0.116 e. The molecule has 6 rings (SSSR count).